The van der Waals surface area contributed by atoms with E-state index in [1.807, 2.05) is 19.1 Å². The van der Waals surface area contributed by atoms with Crippen LogP contribution >= 0.6 is 0 Å². The van der Waals surface area contributed by atoms with Gasteiger partial charge in [-0.05, 0) is 50.4 Å². The van der Waals surface area contributed by atoms with Gasteiger partial charge in [0.1, 0.15) is 5.82 Å². The minimum atomic E-state index is -0.234. The Hall–Kier alpha value is -0.970. The van der Waals surface area contributed by atoms with Crippen LogP contribution in [0.5, 0.6) is 0 Å². The highest BCUT2D eigenvalue weighted by atomic mass is 19.1. The molecule has 3 nitrogen and oxygen atoms in total. The van der Waals surface area contributed by atoms with Crippen LogP contribution in [-0.4, -0.2) is 29.2 Å². The topological polar surface area (TPSA) is 49.5 Å². The van der Waals surface area contributed by atoms with E-state index in [1.54, 1.807) is 0 Å². The molecule has 4 heteroatoms. The van der Waals surface area contributed by atoms with Gasteiger partial charge in [-0.1, -0.05) is 12.1 Å². The van der Waals surface area contributed by atoms with Crippen LogP contribution in [0, 0.1) is 11.7 Å². The van der Waals surface area contributed by atoms with Crippen molar-refractivity contribution in [3.63, 3.8) is 0 Å². The number of benzene rings is 1. The molecule has 106 valence electrons. The molecule has 1 aromatic carbocycles. The van der Waals surface area contributed by atoms with Gasteiger partial charge in [-0.3, -0.25) is 4.90 Å². The van der Waals surface area contributed by atoms with E-state index in [0.717, 1.165) is 37.1 Å². The number of likely N-dealkylation sites (tertiary alicyclic amines) is 1. The van der Waals surface area contributed by atoms with Crippen molar-refractivity contribution in [2.24, 2.45) is 11.7 Å². The van der Waals surface area contributed by atoms with Crippen LogP contribution in [0.4, 0.5) is 4.39 Å². The number of rotatable bonds is 4. The molecule has 0 amide bonds. The SMILES string of the molecule is CC(O)C1CCN(Cc2ccc(CN)cc2F)CC1. The number of aliphatic hydroxyl groups is 1. The summed E-state index contributed by atoms with van der Waals surface area (Å²) in [6, 6.07) is 5.25. The average Bonchev–Trinajstić information content (AvgIpc) is 2.41. The average molecular weight is 266 g/mol. The van der Waals surface area contributed by atoms with Crippen LogP contribution in [0.25, 0.3) is 0 Å². The van der Waals surface area contributed by atoms with Gasteiger partial charge in [-0.2, -0.15) is 0 Å². The molecule has 1 saturated heterocycles. The lowest BCUT2D eigenvalue weighted by Gasteiger charge is -2.33. The van der Waals surface area contributed by atoms with Gasteiger partial charge in [0.2, 0.25) is 0 Å². The standard InChI is InChI=1S/C15H23FN2O/c1-11(19)13-4-6-18(7-5-13)10-14-3-2-12(9-17)8-15(14)16/h2-3,8,11,13,19H,4-7,9-10,17H2,1H3. The molecule has 1 heterocycles. The third-order valence-corrected chi connectivity index (χ3v) is 4.06. The predicted molar refractivity (Wildman–Crippen MR) is 74.0 cm³/mol. The van der Waals surface area contributed by atoms with Crippen molar-refractivity contribution in [2.45, 2.75) is 39.0 Å². The Morgan fingerprint density at radius 1 is 1.42 bits per heavy atom. The lowest BCUT2D eigenvalue weighted by atomic mass is 9.92. The number of hydrogen-bond acceptors (Lipinski definition) is 3. The van der Waals surface area contributed by atoms with E-state index >= 15 is 0 Å². The zero-order valence-electron chi connectivity index (χ0n) is 11.5. The summed E-state index contributed by atoms with van der Waals surface area (Å²) in [5.41, 5.74) is 7.05. The first-order chi connectivity index (χ1) is 9.10. The molecule has 1 unspecified atom stereocenters. The van der Waals surface area contributed by atoms with Gasteiger partial charge in [-0.15, -0.1) is 0 Å². The van der Waals surface area contributed by atoms with Gasteiger partial charge < -0.3 is 10.8 Å². The number of nitrogens with two attached hydrogens (primary N) is 1. The molecule has 1 aliphatic heterocycles. The van der Waals surface area contributed by atoms with E-state index in [4.69, 9.17) is 5.73 Å². The molecule has 0 saturated carbocycles. The van der Waals surface area contributed by atoms with Crippen LogP contribution in [0.1, 0.15) is 30.9 Å². The molecular formula is C15H23FN2O. The summed E-state index contributed by atoms with van der Waals surface area (Å²) in [6.45, 7) is 4.72. The van der Waals surface area contributed by atoms with Gasteiger partial charge in [0.05, 0.1) is 6.10 Å². The summed E-state index contributed by atoms with van der Waals surface area (Å²) < 4.78 is 13.9. The molecule has 1 aromatic rings. The lowest BCUT2D eigenvalue weighted by Crippen LogP contribution is -2.36. The molecule has 3 N–H and O–H groups in total. The highest BCUT2D eigenvalue weighted by Crippen LogP contribution is 2.22. The molecule has 0 radical (unpaired) electrons. The van der Waals surface area contributed by atoms with Crippen molar-refractivity contribution in [2.75, 3.05) is 13.1 Å². The van der Waals surface area contributed by atoms with Gasteiger partial charge in [-0.25, -0.2) is 4.39 Å². The molecule has 0 bridgehead atoms. The van der Waals surface area contributed by atoms with Crippen molar-refractivity contribution in [3.05, 3.63) is 35.1 Å². The van der Waals surface area contributed by atoms with Crippen molar-refractivity contribution in [1.82, 2.24) is 4.90 Å². The zero-order valence-corrected chi connectivity index (χ0v) is 11.5. The maximum absolute atomic E-state index is 13.9. The zero-order chi connectivity index (χ0) is 13.8. The monoisotopic (exact) mass is 266 g/mol. The van der Waals surface area contributed by atoms with Gasteiger partial charge >= 0.3 is 0 Å². The van der Waals surface area contributed by atoms with E-state index in [2.05, 4.69) is 4.90 Å². The number of hydrogen-bond donors (Lipinski definition) is 2. The van der Waals surface area contributed by atoms with Crippen LogP contribution in [0.15, 0.2) is 18.2 Å². The maximum atomic E-state index is 13.9. The fourth-order valence-corrected chi connectivity index (χ4v) is 2.68. The normalized spacial score (nSPS) is 19.6. The number of aliphatic hydroxyl groups excluding tert-OH is 1. The smallest absolute Gasteiger partial charge is 0.128 e. The van der Waals surface area contributed by atoms with Crippen LogP contribution in [0.3, 0.4) is 0 Å². The molecule has 1 aliphatic rings. The molecule has 2 rings (SSSR count). The third kappa shape index (κ3) is 3.75. The maximum Gasteiger partial charge on any atom is 0.128 e. The first kappa shape index (κ1) is 14.4. The number of halogens is 1. The van der Waals surface area contributed by atoms with E-state index in [1.165, 1.54) is 6.07 Å². The highest BCUT2D eigenvalue weighted by Gasteiger charge is 2.23. The van der Waals surface area contributed by atoms with Crippen LogP contribution < -0.4 is 5.73 Å². The molecule has 1 atom stereocenters. The number of nitrogens with zero attached hydrogens (tertiary/aromatic N) is 1. The van der Waals surface area contributed by atoms with Gasteiger partial charge in [0.25, 0.3) is 0 Å². The number of piperidine rings is 1. The Balaban J connectivity index is 1.92. The lowest BCUT2D eigenvalue weighted by molar-refractivity contribution is 0.0692. The summed E-state index contributed by atoms with van der Waals surface area (Å²) >= 11 is 0. The first-order valence-electron chi connectivity index (χ1n) is 6.98. The Bertz CT molecular complexity index is 415. The van der Waals surface area contributed by atoms with E-state index in [9.17, 15) is 9.50 Å². The minimum Gasteiger partial charge on any atom is -0.393 e. The largest absolute Gasteiger partial charge is 0.393 e. The summed E-state index contributed by atoms with van der Waals surface area (Å²) in [5.74, 6) is 0.223. The Kier molecular flexibility index (Phi) is 4.91. The van der Waals surface area contributed by atoms with Crippen molar-refractivity contribution < 1.29 is 9.50 Å². The Morgan fingerprint density at radius 2 is 2.11 bits per heavy atom. The van der Waals surface area contributed by atoms with E-state index < -0.39 is 0 Å². The minimum absolute atomic E-state index is 0.166. The molecule has 0 spiro atoms. The summed E-state index contributed by atoms with van der Waals surface area (Å²) in [4.78, 5) is 2.25. The van der Waals surface area contributed by atoms with E-state index in [0.29, 0.717) is 19.0 Å². The summed E-state index contributed by atoms with van der Waals surface area (Å²) in [6.07, 6.45) is 1.74. The predicted octanol–water partition coefficient (Wildman–Crippen LogP) is 1.88. The van der Waals surface area contributed by atoms with Crippen molar-refractivity contribution >= 4 is 0 Å². The second-order valence-electron chi connectivity index (χ2n) is 5.48. The Labute approximate surface area is 114 Å². The second-order valence-corrected chi connectivity index (χ2v) is 5.48. The molecule has 0 aliphatic carbocycles. The summed E-state index contributed by atoms with van der Waals surface area (Å²) in [5, 5.41) is 9.56. The quantitative estimate of drug-likeness (QED) is 0.875. The van der Waals surface area contributed by atoms with Gasteiger partial charge in [0.15, 0.2) is 0 Å². The molecule has 19 heavy (non-hydrogen) atoms. The van der Waals surface area contributed by atoms with Crippen LogP contribution in [-0.2, 0) is 13.1 Å². The fraction of sp³-hybridized carbons (Fsp3) is 0.600. The highest BCUT2D eigenvalue weighted by molar-refractivity contribution is 5.24. The molecular weight excluding hydrogens is 243 g/mol. The Morgan fingerprint density at radius 3 is 2.63 bits per heavy atom. The first-order valence-corrected chi connectivity index (χ1v) is 6.98. The molecule has 1 fully saturated rings. The van der Waals surface area contributed by atoms with Crippen molar-refractivity contribution in [1.29, 1.82) is 0 Å². The van der Waals surface area contributed by atoms with Crippen molar-refractivity contribution in [3.8, 4) is 0 Å². The third-order valence-electron chi connectivity index (χ3n) is 4.06. The van der Waals surface area contributed by atoms with E-state index in [-0.39, 0.29) is 11.9 Å². The van der Waals surface area contributed by atoms with Gasteiger partial charge in [0, 0.05) is 18.7 Å². The van der Waals surface area contributed by atoms with Crippen LogP contribution in [0.2, 0.25) is 0 Å². The summed E-state index contributed by atoms with van der Waals surface area (Å²) in [7, 11) is 0. The fourth-order valence-electron chi connectivity index (χ4n) is 2.68. The second kappa shape index (κ2) is 6.46. The molecule has 0 aromatic heterocycles.